The molecule has 3 aliphatic heterocycles. The van der Waals surface area contributed by atoms with Crippen LogP contribution in [0.5, 0.6) is 0 Å². The van der Waals surface area contributed by atoms with Gasteiger partial charge < -0.3 is 4.90 Å². The van der Waals surface area contributed by atoms with Gasteiger partial charge in [0.2, 0.25) is 0 Å². The van der Waals surface area contributed by atoms with Gasteiger partial charge in [0.05, 0.1) is 0 Å². The standard InChI is InChI=1S/C27H32N4OS/c1-18-28-25(23-14-24(33-26(23)29-18)20-10-6-3-7-11-20)27(32)31-17-21-12-13-22(31)16-30(21)15-19-8-4-2-5-9-19/h2,4-5,8-9,14,20-22H,3,6-7,10-13,15-17H2,1H3. The van der Waals surface area contributed by atoms with Gasteiger partial charge in [0.15, 0.2) is 0 Å². The lowest BCUT2D eigenvalue weighted by atomic mass is 9.88. The van der Waals surface area contributed by atoms with Crippen molar-refractivity contribution < 1.29 is 4.79 Å². The molecule has 33 heavy (non-hydrogen) atoms. The molecular weight excluding hydrogens is 428 g/mol. The topological polar surface area (TPSA) is 49.3 Å². The molecule has 0 spiro atoms. The zero-order valence-corrected chi connectivity index (χ0v) is 20.2. The Morgan fingerprint density at radius 3 is 2.55 bits per heavy atom. The third-order valence-corrected chi connectivity index (χ3v) is 9.06. The van der Waals surface area contributed by atoms with Crippen LogP contribution in [-0.2, 0) is 6.54 Å². The second-order valence-corrected chi connectivity index (χ2v) is 11.1. The molecular formula is C27H32N4OS. The highest BCUT2D eigenvalue weighted by atomic mass is 32.1. The molecule has 3 aromatic rings. The van der Waals surface area contributed by atoms with Crippen molar-refractivity contribution in [2.24, 2.45) is 0 Å². The van der Waals surface area contributed by atoms with E-state index in [-0.39, 0.29) is 11.9 Å². The number of fused-ring (bicyclic) bond motifs is 4. The van der Waals surface area contributed by atoms with Crippen LogP contribution in [0.1, 0.15) is 77.6 Å². The monoisotopic (exact) mass is 460 g/mol. The van der Waals surface area contributed by atoms with E-state index in [9.17, 15) is 4.79 Å². The average molecular weight is 461 g/mol. The Kier molecular flexibility index (Phi) is 5.67. The number of carbonyl (C=O) groups is 1. The Labute approximate surface area is 199 Å². The number of piperazine rings is 1. The largest absolute Gasteiger partial charge is 0.331 e. The highest BCUT2D eigenvalue weighted by Crippen LogP contribution is 2.39. The summed E-state index contributed by atoms with van der Waals surface area (Å²) in [5.41, 5.74) is 1.97. The zero-order chi connectivity index (χ0) is 22.4. The third-order valence-electron chi connectivity index (χ3n) is 7.87. The van der Waals surface area contributed by atoms with Crippen LogP contribution < -0.4 is 0 Å². The minimum Gasteiger partial charge on any atom is -0.331 e. The van der Waals surface area contributed by atoms with Gasteiger partial charge in [-0.25, -0.2) is 9.97 Å². The Morgan fingerprint density at radius 1 is 1.00 bits per heavy atom. The van der Waals surface area contributed by atoms with Crippen molar-refractivity contribution in [1.82, 2.24) is 19.8 Å². The number of nitrogens with zero attached hydrogens (tertiary/aromatic N) is 4. The molecule has 2 unspecified atom stereocenters. The van der Waals surface area contributed by atoms with Crippen LogP contribution in [0.4, 0.5) is 0 Å². The van der Waals surface area contributed by atoms with Crippen molar-refractivity contribution in [3.05, 3.63) is 58.4 Å². The molecule has 5 nitrogen and oxygen atoms in total. The van der Waals surface area contributed by atoms with Gasteiger partial charge in [0, 0.05) is 42.0 Å². The number of aromatic nitrogens is 2. The van der Waals surface area contributed by atoms with E-state index in [1.165, 1.54) is 49.0 Å². The SMILES string of the molecule is Cc1nc(C(=O)N2CC3CCC2CN3Cc2ccccc2)c2cc(C3CCCCC3)sc2n1. The van der Waals surface area contributed by atoms with Crippen molar-refractivity contribution in [2.45, 2.75) is 76.4 Å². The highest BCUT2D eigenvalue weighted by Gasteiger charge is 2.42. The molecule has 4 fully saturated rings. The summed E-state index contributed by atoms with van der Waals surface area (Å²) in [6.45, 7) is 4.65. The lowest BCUT2D eigenvalue weighted by molar-refractivity contribution is -0.0156. The van der Waals surface area contributed by atoms with E-state index in [0.717, 1.165) is 36.3 Å². The summed E-state index contributed by atoms with van der Waals surface area (Å²) in [5.74, 6) is 1.43. The fourth-order valence-electron chi connectivity index (χ4n) is 6.11. The Hall–Kier alpha value is -2.31. The smallest absolute Gasteiger partial charge is 0.273 e. The summed E-state index contributed by atoms with van der Waals surface area (Å²) in [4.78, 5) is 30.3. The molecule has 1 aromatic carbocycles. The van der Waals surface area contributed by atoms with Crippen LogP contribution in [0.2, 0.25) is 0 Å². The van der Waals surface area contributed by atoms with E-state index >= 15 is 0 Å². The molecule has 3 saturated heterocycles. The second-order valence-electron chi connectivity index (χ2n) is 10.1. The number of amides is 1. The first-order chi connectivity index (χ1) is 16.2. The molecule has 2 bridgehead atoms. The van der Waals surface area contributed by atoms with Gasteiger partial charge in [-0.15, -0.1) is 11.3 Å². The lowest BCUT2D eigenvalue weighted by Crippen LogP contribution is -2.63. The molecule has 6 heteroatoms. The first-order valence-electron chi connectivity index (χ1n) is 12.5. The molecule has 1 saturated carbocycles. The normalized spacial score (nSPS) is 24.0. The van der Waals surface area contributed by atoms with Crippen molar-refractivity contribution >= 4 is 27.5 Å². The van der Waals surface area contributed by atoms with Crippen LogP contribution in [0, 0.1) is 6.92 Å². The van der Waals surface area contributed by atoms with Gasteiger partial charge >= 0.3 is 0 Å². The van der Waals surface area contributed by atoms with Crippen LogP contribution in [0.15, 0.2) is 36.4 Å². The van der Waals surface area contributed by atoms with E-state index in [4.69, 9.17) is 9.97 Å². The van der Waals surface area contributed by atoms with Gasteiger partial charge in [-0.2, -0.15) is 0 Å². The van der Waals surface area contributed by atoms with Crippen molar-refractivity contribution in [3.8, 4) is 0 Å². The van der Waals surface area contributed by atoms with Gasteiger partial charge in [-0.3, -0.25) is 9.69 Å². The average Bonchev–Trinajstić information content (AvgIpc) is 3.29. The quantitative estimate of drug-likeness (QED) is 0.513. The predicted octanol–water partition coefficient (Wildman–Crippen LogP) is 5.54. The van der Waals surface area contributed by atoms with Crippen LogP contribution in [-0.4, -0.2) is 50.8 Å². The second kappa shape index (κ2) is 8.80. The zero-order valence-electron chi connectivity index (χ0n) is 19.4. The molecule has 1 amide bonds. The minimum absolute atomic E-state index is 0.104. The molecule has 2 aromatic heterocycles. The van der Waals surface area contributed by atoms with E-state index in [0.29, 0.717) is 23.5 Å². The fraction of sp³-hybridized carbons (Fsp3) is 0.519. The maximum Gasteiger partial charge on any atom is 0.273 e. The molecule has 7 rings (SSSR count). The van der Waals surface area contributed by atoms with Crippen molar-refractivity contribution in [2.75, 3.05) is 13.1 Å². The molecule has 5 heterocycles. The first-order valence-corrected chi connectivity index (χ1v) is 13.3. The number of hydrogen-bond donors (Lipinski definition) is 0. The van der Waals surface area contributed by atoms with Gasteiger partial charge in [-0.1, -0.05) is 49.6 Å². The molecule has 4 aliphatic rings. The lowest BCUT2D eigenvalue weighted by Gasteiger charge is -2.51. The van der Waals surface area contributed by atoms with E-state index in [1.54, 1.807) is 11.3 Å². The van der Waals surface area contributed by atoms with Crippen LogP contribution in [0.3, 0.4) is 0 Å². The minimum atomic E-state index is 0.104. The summed E-state index contributed by atoms with van der Waals surface area (Å²) in [6.07, 6.45) is 8.75. The van der Waals surface area contributed by atoms with E-state index < -0.39 is 0 Å². The molecule has 0 N–H and O–H groups in total. The highest BCUT2D eigenvalue weighted by molar-refractivity contribution is 7.18. The van der Waals surface area contributed by atoms with Gasteiger partial charge in [-0.05, 0) is 50.2 Å². The summed E-state index contributed by atoms with van der Waals surface area (Å²) >= 11 is 1.78. The van der Waals surface area contributed by atoms with E-state index in [2.05, 4.69) is 46.2 Å². The Morgan fingerprint density at radius 2 is 1.79 bits per heavy atom. The number of carbonyl (C=O) groups excluding carboxylic acids is 1. The number of rotatable bonds is 4. The molecule has 0 radical (unpaired) electrons. The summed E-state index contributed by atoms with van der Waals surface area (Å²) < 4.78 is 0. The number of aryl methyl sites for hydroxylation is 1. The Bertz CT molecular complexity index is 1150. The third kappa shape index (κ3) is 4.08. The predicted molar refractivity (Wildman–Crippen MR) is 133 cm³/mol. The molecule has 172 valence electrons. The van der Waals surface area contributed by atoms with Crippen molar-refractivity contribution in [1.29, 1.82) is 0 Å². The fourth-order valence-corrected chi connectivity index (χ4v) is 7.36. The summed E-state index contributed by atoms with van der Waals surface area (Å²) in [6, 6.07) is 13.6. The summed E-state index contributed by atoms with van der Waals surface area (Å²) in [5, 5.41) is 0.971. The molecule has 2 atom stereocenters. The number of hydrogen-bond acceptors (Lipinski definition) is 5. The van der Waals surface area contributed by atoms with Gasteiger partial charge in [0.25, 0.3) is 5.91 Å². The van der Waals surface area contributed by atoms with Crippen LogP contribution >= 0.6 is 11.3 Å². The van der Waals surface area contributed by atoms with Crippen LogP contribution in [0.25, 0.3) is 10.2 Å². The maximum atomic E-state index is 13.8. The summed E-state index contributed by atoms with van der Waals surface area (Å²) in [7, 11) is 0. The number of benzene rings is 1. The Balaban J connectivity index is 1.25. The number of thiophene rings is 1. The maximum absolute atomic E-state index is 13.8. The van der Waals surface area contributed by atoms with Crippen molar-refractivity contribution in [3.63, 3.8) is 0 Å². The van der Waals surface area contributed by atoms with E-state index in [1.807, 2.05) is 6.92 Å². The number of piperidine rings is 2. The van der Waals surface area contributed by atoms with Gasteiger partial charge in [0.1, 0.15) is 16.3 Å². The molecule has 1 aliphatic carbocycles. The first kappa shape index (κ1) is 21.2.